The number of carbonyl (C=O) groups excluding carboxylic acids is 3. The SMILES string of the molecule is C=C(C#N)C(=O)CC[C@H](CC1CCCCC1)NC(=O)[C@@H](CC(=O)CC)Cc1nc2ccc(CC)cc2s1. The maximum Gasteiger partial charge on any atom is 0.224 e. The van der Waals surface area contributed by atoms with Gasteiger partial charge in [-0.2, -0.15) is 5.26 Å². The topological polar surface area (TPSA) is 99.9 Å². The summed E-state index contributed by atoms with van der Waals surface area (Å²) in [5.74, 6) is -0.357. The van der Waals surface area contributed by atoms with Crippen molar-refractivity contribution in [1.82, 2.24) is 10.3 Å². The second-order valence-electron chi connectivity index (χ2n) is 10.3. The monoisotopic (exact) mass is 521 g/mol. The summed E-state index contributed by atoms with van der Waals surface area (Å²) in [6.07, 6.45) is 9.30. The largest absolute Gasteiger partial charge is 0.353 e. The van der Waals surface area contributed by atoms with E-state index in [1.54, 1.807) is 11.3 Å². The summed E-state index contributed by atoms with van der Waals surface area (Å²) in [6.45, 7) is 7.47. The Morgan fingerprint density at radius 2 is 1.97 bits per heavy atom. The number of aromatic nitrogens is 1. The van der Waals surface area contributed by atoms with Gasteiger partial charge in [0.1, 0.15) is 11.9 Å². The lowest BCUT2D eigenvalue weighted by Crippen LogP contribution is -2.41. The molecule has 7 heteroatoms. The zero-order valence-electron chi connectivity index (χ0n) is 22.2. The van der Waals surface area contributed by atoms with Gasteiger partial charge in [-0.25, -0.2) is 4.98 Å². The Kier molecular flexibility index (Phi) is 11.0. The van der Waals surface area contributed by atoms with Gasteiger partial charge < -0.3 is 5.32 Å². The van der Waals surface area contributed by atoms with Gasteiger partial charge in [-0.1, -0.05) is 58.6 Å². The second-order valence-corrected chi connectivity index (χ2v) is 11.4. The number of rotatable bonds is 14. The fourth-order valence-electron chi connectivity index (χ4n) is 5.12. The van der Waals surface area contributed by atoms with Crippen molar-refractivity contribution in [2.45, 2.75) is 96.9 Å². The molecule has 37 heavy (non-hydrogen) atoms. The van der Waals surface area contributed by atoms with Crippen LogP contribution in [0.1, 0.15) is 88.6 Å². The van der Waals surface area contributed by atoms with Gasteiger partial charge in [0, 0.05) is 31.7 Å². The summed E-state index contributed by atoms with van der Waals surface area (Å²) in [4.78, 5) is 43.0. The minimum absolute atomic E-state index is 0.0452. The van der Waals surface area contributed by atoms with Crippen LogP contribution in [0.5, 0.6) is 0 Å². The lowest BCUT2D eigenvalue weighted by Gasteiger charge is -2.28. The van der Waals surface area contributed by atoms with Crippen LogP contribution in [0.15, 0.2) is 30.4 Å². The maximum absolute atomic E-state index is 13.6. The van der Waals surface area contributed by atoms with Gasteiger partial charge in [0.15, 0.2) is 5.78 Å². The highest BCUT2D eigenvalue weighted by atomic mass is 32.1. The molecule has 0 unspecified atom stereocenters. The fourth-order valence-corrected chi connectivity index (χ4v) is 6.23. The third-order valence-corrected chi connectivity index (χ3v) is 8.49. The van der Waals surface area contributed by atoms with Crippen molar-refractivity contribution in [2.75, 3.05) is 0 Å². The highest BCUT2D eigenvalue weighted by molar-refractivity contribution is 7.18. The van der Waals surface area contributed by atoms with Crippen molar-refractivity contribution >= 4 is 39.0 Å². The minimum Gasteiger partial charge on any atom is -0.353 e. The van der Waals surface area contributed by atoms with E-state index < -0.39 is 5.92 Å². The van der Waals surface area contributed by atoms with E-state index in [1.807, 2.05) is 19.1 Å². The van der Waals surface area contributed by atoms with Crippen LogP contribution in [-0.2, 0) is 27.2 Å². The lowest BCUT2D eigenvalue weighted by molar-refractivity contribution is -0.130. The van der Waals surface area contributed by atoms with Crippen LogP contribution < -0.4 is 5.32 Å². The molecule has 1 heterocycles. The van der Waals surface area contributed by atoms with E-state index in [0.29, 0.717) is 25.2 Å². The van der Waals surface area contributed by atoms with Crippen LogP contribution in [-0.4, -0.2) is 28.5 Å². The molecule has 0 aliphatic heterocycles. The molecule has 1 aromatic carbocycles. The molecule has 0 spiro atoms. The first-order chi connectivity index (χ1) is 17.8. The van der Waals surface area contributed by atoms with Gasteiger partial charge in [0.2, 0.25) is 5.91 Å². The number of nitriles is 1. The van der Waals surface area contributed by atoms with Crippen molar-refractivity contribution in [3.63, 3.8) is 0 Å². The van der Waals surface area contributed by atoms with Crippen LogP contribution in [0.2, 0.25) is 0 Å². The Morgan fingerprint density at radius 3 is 2.65 bits per heavy atom. The summed E-state index contributed by atoms with van der Waals surface area (Å²) >= 11 is 1.59. The molecular formula is C30H39N3O3S. The number of nitrogens with one attached hydrogen (secondary N) is 1. The number of amides is 1. The quantitative estimate of drug-likeness (QED) is 0.233. The van der Waals surface area contributed by atoms with E-state index in [9.17, 15) is 14.4 Å². The molecule has 0 bridgehead atoms. The predicted octanol–water partition coefficient (Wildman–Crippen LogP) is 6.27. The van der Waals surface area contributed by atoms with E-state index in [4.69, 9.17) is 10.2 Å². The zero-order chi connectivity index (χ0) is 26.8. The molecule has 1 fully saturated rings. The summed E-state index contributed by atoms with van der Waals surface area (Å²) in [5, 5.41) is 13.1. The van der Waals surface area contributed by atoms with Gasteiger partial charge >= 0.3 is 0 Å². The Balaban J connectivity index is 1.75. The number of Topliss-reactive ketones (excluding diaryl/α,β-unsaturated/α-hetero) is 2. The molecule has 3 rings (SSSR count). The number of hydrogen-bond acceptors (Lipinski definition) is 6. The Labute approximate surface area is 224 Å². The molecule has 1 aliphatic carbocycles. The first kappa shape index (κ1) is 28.7. The van der Waals surface area contributed by atoms with E-state index >= 15 is 0 Å². The lowest BCUT2D eigenvalue weighted by atomic mass is 9.83. The van der Waals surface area contributed by atoms with Crippen molar-refractivity contribution in [2.24, 2.45) is 11.8 Å². The number of thiazole rings is 1. The van der Waals surface area contributed by atoms with Gasteiger partial charge in [-0.15, -0.1) is 11.3 Å². The third kappa shape index (κ3) is 8.60. The van der Waals surface area contributed by atoms with E-state index in [0.717, 1.165) is 40.9 Å². The van der Waals surface area contributed by atoms with Crippen LogP contribution in [0, 0.1) is 23.2 Å². The maximum atomic E-state index is 13.6. The Hall–Kier alpha value is -2.85. The van der Waals surface area contributed by atoms with Crippen LogP contribution in [0.25, 0.3) is 10.2 Å². The fraction of sp³-hybridized carbons (Fsp3) is 0.567. The summed E-state index contributed by atoms with van der Waals surface area (Å²) in [7, 11) is 0. The molecule has 1 amide bonds. The van der Waals surface area contributed by atoms with E-state index in [-0.39, 0.29) is 41.9 Å². The van der Waals surface area contributed by atoms with Crippen LogP contribution in [0.4, 0.5) is 0 Å². The predicted molar refractivity (Wildman–Crippen MR) is 148 cm³/mol. The average molecular weight is 522 g/mol. The molecule has 1 saturated carbocycles. The summed E-state index contributed by atoms with van der Waals surface area (Å²) < 4.78 is 1.10. The number of nitrogens with zero attached hydrogens (tertiary/aromatic N) is 2. The third-order valence-electron chi connectivity index (χ3n) is 7.45. The molecule has 1 aliphatic rings. The second kappa shape index (κ2) is 14.2. The standard InChI is InChI=1S/C30H39N3O3S/c1-4-21-11-13-26-28(16-21)37-29(33-26)18-23(17-25(34)5-2)30(36)32-24(12-14-27(35)20(3)19-31)15-22-9-7-6-8-10-22/h11,13,16,22-24H,3-10,12,14-15,17-18H2,1-2H3,(H,32,36)/t23-,24+/m0/s1. The van der Waals surface area contributed by atoms with Gasteiger partial charge in [0.05, 0.1) is 26.7 Å². The molecule has 2 aromatic rings. The first-order valence-corrected chi connectivity index (χ1v) is 14.5. The normalized spacial score (nSPS) is 15.6. The van der Waals surface area contributed by atoms with Crippen molar-refractivity contribution in [1.29, 1.82) is 5.26 Å². The molecule has 0 radical (unpaired) electrons. The van der Waals surface area contributed by atoms with Crippen molar-refractivity contribution in [3.8, 4) is 6.07 Å². The molecule has 1 N–H and O–H groups in total. The van der Waals surface area contributed by atoms with Gasteiger partial charge in [0.25, 0.3) is 0 Å². The smallest absolute Gasteiger partial charge is 0.224 e. The van der Waals surface area contributed by atoms with E-state index in [2.05, 4.69) is 31.0 Å². The van der Waals surface area contributed by atoms with E-state index in [1.165, 1.54) is 24.8 Å². The first-order valence-electron chi connectivity index (χ1n) is 13.7. The zero-order valence-corrected chi connectivity index (χ0v) is 23.0. The molecule has 1 aromatic heterocycles. The highest BCUT2D eigenvalue weighted by Gasteiger charge is 2.27. The minimum atomic E-state index is -0.503. The average Bonchev–Trinajstić information content (AvgIpc) is 3.32. The highest BCUT2D eigenvalue weighted by Crippen LogP contribution is 2.30. The molecular weight excluding hydrogens is 482 g/mol. The number of carbonyl (C=O) groups is 3. The number of fused-ring (bicyclic) bond motifs is 1. The molecule has 198 valence electrons. The molecule has 6 nitrogen and oxygen atoms in total. The van der Waals surface area contributed by atoms with Gasteiger partial charge in [-0.3, -0.25) is 14.4 Å². The number of hydrogen-bond donors (Lipinski definition) is 1. The summed E-state index contributed by atoms with van der Waals surface area (Å²) in [5.41, 5.74) is 2.12. The molecule has 0 saturated heterocycles. The van der Waals surface area contributed by atoms with Crippen LogP contribution >= 0.6 is 11.3 Å². The summed E-state index contributed by atoms with van der Waals surface area (Å²) in [6, 6.07) is 7.90. The Bertz CT molecular complexity index is 1160. The number of aryl methyl sites for hydroxylation is 1. The number of allylic oxidation sites excluding steroid dienone is 1. The van der Waals surface area contributed by atoms with Crippen LogP contribution in [0.3, 0.4) is 0 Å². The Morgan fingerprint density at radius 1 is 1.22 bits per heavy atom. The number of ketones is 2. The molecule has 2 atom stereocenters. The van der Waals surface area contributed by atoms with Gasteiger partial charge in [-0.05, 0) is 42.9 Å². The number of benzene rings is 1. The van der Waals surface area contributed by atoms with Crippen molar-refractivity contribution in [3.05, 3.63) is 40.9 Å². The van der Waals surface area contributed by atoms with Crippen molar-refractivity contribution < 1.29 is 14.4 Å².